The Hall–Kier alpha value is -2.63. The highest BCUT2D eigenvalue weighted by atomic mass is 31.2. The van der Waals surface area contributed by atoms with E-state index < -0.39 is 44.7 Å². The van der Waals surface area contributed by atoms with Gasteiger partial charge in [-0.2, -0.15) is 0 Å². The Morgan fingerprint density at radius 2 is 1.17 bits per heavy atom. The standard InChI is InChI=1S/C46H80NO10P/c1-6-8-10-12-14-16-18-20-21-22-24-26-28-30-32-36-45(50)54-40-42(41-56-58(52,53)55-39-38-47(3,4)5)57-46(51)37-33-35-44(49)43(48)34-31-29-27-25-23-19-17-15-13-11-9-7-2/h8,10,14-17,20-21,23,25,29,31,42-44,48-49H,6-7,9,11-13,18-19,22,24,26-28,30,32-41H2,1-5H3/b10-8-,16-14-,17-15-,21-20-,25-23-,31-29-/t42-,43?,44?/m1/s1. The van der Waals surface area contributed by atoms with Crippen molar-refractivity contribution in [1.82, 2.24) is 0 Å². The van der Waals surface area contributed by atoms with Crippen LogP contribution in [0.4, 0.5) is 0 Å². The number of aliphatic hydroxyl groups excluding tert-OH is 2. The predicted octanol–water partition coefficient (Wildman–Crippen LogP) is 9.55. The van der Waals surface area contributed by atoms with Crippen LogP contribution in [0.2, 0.25) is 0 Å². The summed E-state index contributed by atoms with van der Waals surface area (Å²) in [5, 5.41) is 20.8. The van der Waals surface area contributed by atoms with Gasteiger partial charge in [0.1, 0.15) is 19.8 Å². The number of ether oxygens (including phenoxy) is 2. The number of carbonyl (C=O) groups excluding carboxylic acids is 2. The Kier molecular flexibility index (Phi) is 35.7. The molecule has 0 spiro atoms. The van der Waals surface area contributed by atoms with Gasteiger partial charge in [-0.25, -0.2) is 0 Å². The third-order valence-electron chi connectivity index (χ3n) is 8.91. The van der Waals surface area contributed by atoms with E-state index in [1.807, 2.05) is 33.3 Å². The lowest BCUT2D eigenvalue weighted by atomic mass is 10.0. The molecule has 58 heavy (non-hydrogen) atoms. The van der Waals surface area contributed by atoms with Crippen molar-refractivity contribution in [2.75, 3.05) is 47.5 Å². The second-order valence-corrected chi connectivity index (χ2v) is 17.0. The normalized spacial score (nSPS) is 15.4. The summed E-state index contributed by atoms with van der Waals surface area (Å²) in [5.41, 5.74) is 0. The lowest BCUT2D eigenvalue weighted by Crippen LogP contribution is -2.37. The van der Waals surface area contributed by atoms with E-state index in [9.17, 15) is 29.3 Å². The molecule has 11 nitrogen and oxygen atoms in total. The van der Waals surface area contributed by atoms with Gasteiger partial charge in [0, 0.05) is 12.8 Å². The number of phosphoric acid groups is 1. The molecule has 0 aromatic carbocycles. The van der Waals surface area contributed by atoms with Crippen LogP contribution in [0.1, 0.15) is 142 Å². The monoisotopic (exact) mass is 838 g/mol. The summed E-state index contributed by atoms with van der Waals surface area (Å²) in [5.74, 6) is -1.15. The number of carbonyl (C=O) groups is 2. The van der Waals surface area contributed by atoms with Gasteiger partial charge in [0.25, 0.3) is 7.82 Å². The first-order valence-corrected chi connectivity index (χ1v) is 23.3. The van der Waals surface area contributed by atoms with E-state index in [-0.39, 0.29) is 45.3 Å². The largest absolute Gasteiger partial charge is 0.756 e. The molecule has 0 aliphatic heterocycles. The first kappa shape index (κ1) is 55.4. The van der Waals surface area contributed by atoms with Crippen molar-refractivity contribution in [1.29, 1.82) is 0 Å². The fourth-order valence-corrected chi connectivity index (χ4v) is 6.09. The number of likely N-dealkylation sites (N-methyl/N-ethyl adjacent to an activating group) is 1. The number of hydrogen-bond donors (Lipinski definition) is 2. The van der Waals surface area contributed by atoms with E-state index in [1.165, 1.54) is 19.3 Å². The maximum absolute atomic E-state index is 12.7. The van der Waals surface area contributed by atoms with Gasteiger partial charge >= 0.3 is 11.9 Å². The fraction of sp³-hybridized carbons (Fsp3) is 0.696. The average Bonchev–Trinajstić information content (AvgIpc) is 3.17. The number of unbranched alkanes of at least 4 members (excludes halogenated alkanes) is 8. The van der Waals surface area contributed by atoms with Gasteiger partial charge in [-0.15, -0.1) is 0 Å². The minimum atomic E-state index is -4.71. The van der Waals surface area contributed by atoms with Crippen LogP contribution in [0.15, 0.2) is 72.9 Å². The molecule has 0 saturated heterocycles. The van der Waals surface area contributed by atoms with Crippen molar-refractivity contribution in [2.24, 2.45) is 0 Å². The number of hydrogen-bond acceptors (Lipinski definition) is 10. The van der Waals surface area contributed by atoms with Crippen LogP contribution in [-0.4, -0.2) is 92.5 Å². The molecular formula is C46H80NO10P. The number of rotatable bonds is 38. The van der Waals surface area contributed by atoms with Crippen molar-refractivity contribution in [3.8, 4) is 0 Å². The van der Waals surface area contributed by atoms with Crippen LogP contribution in [0.5, 0.6) is 0 Å². The molecule has 0 aromatic heterocycles. The van der Waals surface area contributed by atoms with Crippen molar-refractivity contribution in [3.05, 3.63) is 72.9 Å². The maximum Gasteiger partial charge on any atom is 0.306 e. The highest BCUT2D eigenvalue weighted by Crippen LogP contribution is 2.38. The highest BCUT2D eigenvalue weighted by molar-refractivity contribution is 7.45. The number of esters is 2. The van der Waals surface area contributed by atoms with Gasteiger partial charge in [0.05, 0.1) is 40.0 Å². The van der Waals surface area contributed by atoms with Crippen LogP contribution in [0, 0.1) is 0 Å². The Balaban J connectivity index is 4.66. The summed E-state index contributed by atoms with van der Waals surface area (Å²) in [7, 11) is 0.965. The molecule has 0 heterocycles. The Morgan fingerprint density at radius 3 is 1.78 bits per heavy atom. The fourth-order valence-electron chi connectivity index (χ4n) is 5.36. The van der Waals surface area contributed by atoms with E-state index >= 15 is 0 Å². The molecule has 4 atom stereocenters. The van der Waals surface area contributed by atoms with Crippen LogP contribution >= 0.6 is 7.82 Å². The predicted molar refractivity (Wildman–Crippen MR) is 234 cm³/mol. The summed E-state index contributed by atoms with van der Waals surface area (Å²) in [4.78, 5) is 37.6. The first-order valence-electron chi connectivity index (χ1n) is 21.8. The summed E-state index contributed by atoms with van der Waals surface area (Å²) in [6, 6.07) is 0. The van der Waals surface area contributed by atoms with Crippen LogP contribution < -0.4 is 4.89 Å². The highest BCUT2D eigenvalue weighted by Gasteiger charge is 2.22. The smallest absolute Gasteiger partial charge is 0.306 e. The number of allylic oxidation sites excluding steroid dienone is 11. The van der Waals surface area contributed by atoms with Crippen LogP contribution in [0.3, 0.4) is 0 Å². The second kappa shape index (κ2) is 37.4. The summed E-state index contributed by atoms with van der Waals surface area (Å²) < 4.78 is 33.6. The van der Waals surface area contributed by atoms with E-state index in [2.05, 4.69) is 74.6 Å². The number of aliphatic hydroxyl groups is 2. The summed E-state index contributed by atoms with van der Waals surface area (Å²) >= 11 is 0. The Bertz CT molecular complexity index is 1250. The molecule has 0 radical (unpaired) electrons. The third kappa shape index (κ3) is 38.9. The molecule has 3 unspecified atom stereocenters. The van der Waals surface area contributed by atoms with Gasteiger partial charge in [-0.05, 0) is 83.5 Å². The lowest BCUT2D eigenvalue weighted by molar-refractivity contribution is -0.870. The molecule has 12 heteroatoms. The van der Waals surface area contributed by atoms with Crippen molar-refractivity contribution in [3.63, 3.8) is 0 Å². The van der Waals surface area contributed by atoms with Gasteiger partial charge in [-0.3, -0.25) is 14.2 Å². The Morgan fingerprint density at radius 1 is 0.638 bits per heavy atom. The molecule has 0 aromatic rings. The zero-order valence-electron chi connectivity index (χ0n) is 36.7. The molecule has 0 amide bonds. The average molecular weight is 838 g/mol. The molecule has 0 saturated carbocycles. The van der Waals surface area contributed by atoms with E-state index in [1.54, 1.807) is 0 Å². The number of quaternary nitrogens is 1. The zero-order chi connectivity index (χ0) is 43.2. The Labute approximate surface area is 352 Å². The van der Waals surface area contributed by atoms with Gasteiger partial charge < -0.3 is 38.1 Å². The lowest BCUT2D eigenvalue weighted by Gasteiger charge is -2.28. The summed E-state index contributed by atoms with van der Waals surface area (Å²) in [6.45, 7) is 3.70. The topological polar surface area (TPSA) is 152 Å². The molecule has 0 rings (SSSR count). The number of phosphoric ester groups is 1. The van der Waals surface area contributed by atoms with Crippen molar-refractivity contribution in [2.45, 2.75) is 161 Å². The van der Waals surface area contributed by atoms with E-state index in [0.29, 0.717) is 17.4 Å². The molecule has 0 aliphatic rings. The molecule has 0 aliphatic carbocycles. The molecular weight excluding hydrogens is 757 g/mol. The third-order valence-corrected chi connectivity index (χ3v) is 9.88. The van der Waals surface area contributed by atoms with Gasteiger partial charge in [0.2, 0.25) is 0 Å². The van der Waals surface area contributed by atoms with E-state index in [0.717, 1.165) is 70.6 Å². The molecule has 0 bridgehead atoms. The van der Waals surface area contributed by atoms with Crippen molar-refractivity contribution < 1.29 is 52.3 Å². The van der Waals surface area contributed by atoms with Gasteiger partial charge in [-0.1, -0.05) is 119 Å². The maximum atomic E-state index is 12.7. The second-order valence-electron chi connectivity index (χ2n) is 15.6. The van der Waals surface area contributed by atoms with Crippen LogP contribution in [0.25, 0.3) is 0 Å². The minimum absolute atomic E-state index is 0.0897. The number of nitrogens with zero attached hydrogens (tertiary/aromatic N) is 1. The first-order chi connectivity index (χ1) is 27.8. The van der Waals surface area contributed by atoms with Crippen molar-refractivity contribution >= 4 is 19.8 Å². The van der Waals surface area contributed by atoms with E-state index in [4.69, 9.17) is 18.5 Å². The van der Waals surface area contributed by atoms with Crippen LogP contribution in [-0.2, 0) is 32.7 Å². The zero-order valence-corrected chi connectivity index (χ0v) is 37.6. The quantitative estimate of drug-likeness (QED) is 0.0202. The molecule has 2 N–H and O–H groups in total. The van der Waals surface area contributed by atoms with Gasteiger partial charge in [0.15, 0.2) is 6.10 Å². The minimum Gasteiger partial charge on any atom is -0.756 e. The SMILES string of the molecule is CC/C=C\C/C=C\C/C=C\CCCCCCCC(=O)OC[C@H](COP(=O)([O-])OCC[N+](C)(C)C)OC(=O)CCCC(O)C(O)C/C=C\C/C=C\C/C=C\CCCCC. The molecule has 334 valence electrons. The summed E-state index contributed by atoms with van der Waals surface area (Å²) in [6.07, 6.45) is 38.1. The molecule has 0 fully saturated rings.